The molecule has 1 aromatic rings. The maximum Gasteiger partial charge on any atom is 0.306 e. The molecule has 0 atom stereocenters. The van der Waals surface area contributed by atoms with Crippen molar-refractivity contribution in [2.45, 2.75) is 46.1 Å². The molecule has 0 aliphatic carbocycles. The minimum absolute atomic E-state index is 0.156. The van der Waals surface area contributed by atoms with Crippen molar-refractivity contribution >= 4 is 22.4 Å². The molecular weight excluding hydrogens is 286 g/mol. The van der Waals surface area contributed by atoms with Gasteiger partial charge in [0.25, 0.3) is 0 Å². The first-order valence-electron chi connectivity index (χ1n) is 7.57. The van der Waals surface area contributed by atoms with Gasteiger partial charge in [-0.25, -0.2) is 4.98 Å². The lowest BCUT2D eigenvalue weighted by Gasteiger charge is -2.20. The summed E-state index contributed by atoms with van der Waals surface area (Å²) in [5.41, 5.74) is 0.954. The first kappa shape index (κ1) is 17.9. The fourth-order valence-corrected chi connectivity index (χ4v) is 2.52. The maximum atomic E-state index is 11.3. The van der Waals surface area contributed by atoms with Crippen molar-refractivity contribution in [3.63, 3.8) is 0 Å². The summed E-state index contributed by atoms with van der Waals surface area (Å²) in [4.78, 5) is 18.1. The number of hydrogen-bond donors (Lipinski definition) is 1. The molecule has 0 saturated heterocycles. The van der Waals surface area contributed by atoms with Crippen LogP contribution in [0.25, 0.3) is 0 Å². The number of aromatic nitrogens is 1. The Balaban J connectivity index is 2.21. The Morgan fingerprint density at radius 1 is 1.52 bits per heavy atom. The smallest absolute Gasteiger partial charge is 0.306 e. The van der Waals surface area contributed by atoms with Gasteiger partial charge in [0, 0.05) is 24.4 Å². The first-order valence-corrected chi connectivity index (χ1v) is 8.45. The van der Waals surface area contributed by atoms with Crippen molar-refractivity contribution in [1.29, 1.82) is 0 Å². The van der Waals surface area contributed by atoms with Crippen LogP contribution in [0.15, 0.2) is 5.38 Å². The summed E-state index contributed by atoms with van der Waals surface area (Å²) in [5, 5.41) is 6.27. The molecule has 0 aliphatic heterocycles. The SMILES string of the molecule is CCOC(=O)CCc1csc(NCCCN(C)C(C)C)n1. The summed E-state index contributed by atoms with van der Waals surface area (Å²) in [6, 6.07) is 0.583. The van der Waals surface area contributed by atoms with Crippen LogP contribution in [0.3, 0.4) is 0 Å². The molecule has 21 heavy (non-hydrogen) atoms. The zero-order valence-electron chi connectivity index (χ0n) is 13.5. The molecule has 0 fully saturated rings. The molecule has 0 bridgehead atoms. The average Bonchev–Trinajstić information content (AvgIpc) is 2.89. The van der Waals surface area contributed by atoms with Crippen molar-refractivity contribution in [1.82, 2.24) is 9.88 Å². The largest absolute Gasteiger partial charge is 0.466 e. The van der Waals surface area contributed by atoms with Gasteiger partial charge in [0.15, 0.2) is 5.13 Å². The Labute approximate surface area is 131 Å². The zero-order valence-corrected chi connectivity index (χ0v) is 14.3. The molecule has 1 aromatic heterocycles. The van der Waals surface area contributed by atoms with Crippen LogP contribution < -0.4 is 5.32 Å². The lowest BCUT2D eigenvalue weighted by molar-refractivity contribution is -0.143. The van der Waals surface area contributed by atoms with E-state index in [-0.39, 0.29) is 5.97 Å². The van der Waals surface area contributed by atoms with Crippen LogP contribution in [0.2, 0.25) is 0 Å². The Kier molecular flexibility index (Phi) is 8.30. The number of esters is 1. The van der Waals surface area contributed by atoms with Gasteiger partial charge in [-0.2, -0.15) is 0 Å². The quantitative estimate of drug-likeness (QED) is 0.532. The Morgan fingerprint density at radius 3 is 2.95 bits per heavy atom. The van der Waals surface area contributed by atoms with Crippen LogP contribution in [0.5, 0.6) is 0 Å². The van der Waals surface area contributed by atoms with E-state index in [4.69, 9.17) is 4.74 Å². The number of carbonyl (C=O) groups is 1. The number of thiazole rings is 1. The van der Waals surface area contributed by atoms with Crippen molar-refractivity contribution in [2.24, 2.45) is 0 Å². The van der Waals surface area contributed by atoms with Crippen LogP contribution in [-0.2, 0) is 16.0 Å². The van der Waals surface area contributed by atoms with E-state index in [2.05, 4.69) is 36.1 Å². The summed E-state index contributed by atoms with van der Waals surface area (Å²) in [6.07, 6.45) is 2.13. The second kappa shape index (κ2) is 9.73. The van der Waals surface area contributed by atoms with Gasteiger partial charge in [-0.3, -0.25) is 4.79 Å². The number of nitrogens with zero attached hydrogens (tertiary/aromatic N) is 2. The van der Waals surface area contributed by atoms with Gasteiger partial charge < -0.3 is 15.0 Å². The third-order valence-electron chi connectivity index (χ3n) is 3.29. The molecule has 1 rings (SSSR count). The summed E-state index contributed by atoms with van der Waals surface area (Å²) in [6.45, 7) is 8.65. The van der Waals surface area contributed by atoms with Crippen molar-refractivity contribution < 1.29 is 9.53 Å². The fraction of sp³-hybridized carbons (Fsp3) is 0.733. The molecule has 120 valence electrons. The number of ether oxygens (including phenoxy) is 1. The minimum atomic E-state index is -0.156. The highest BCUT2D eigenvalue weighted by Crippen LogP contribution is 2.16. The lowest BCUT2D eigenvalue weighted by Crippen LogP contribution is -2.28. The molecule has 6 heteroatoms. The molecule has 0 aromatic carbocycles. The summed E-state index contributed by atoms with van der Waals surface area (Å²) in [7, 11) is 2.14. The van der Waals surface area contributed by atoms with Gasteiger partial charge in [-0.05, 0) is 40.8 Å². The number of carbonyl (C=O) groups excluding carboxylic acids is 1. The highest BCUT2D eigenvalue weighted by atomic mass is 32.1. The normalized spacial score (nSPS) is 11.1. The second-order valence-corrected chi connectivity index (χ2v) is 6.16. The van der Waals surface area contributed by atoms with Crippen LogP contribution in [-0.4, -0.2) is 48.6 Å². The van der Waals surface area contributed by atoms with Crippen LogP contribution in [0.1, 0.15) is 39.3 Å². The molecule has 0 saturated carbocycles. The summed E-state index contributed by atoms with van der Waals surface area (Å²) < 4.78 is 4.91. The Morgan fingerprint density at radius 2 is 2.29 bits per heavy atom. The summed E-state index contributed by atoms with van der Waals surface area (Å²) in [5.74, 6) is -0.156. The van der Waals surface area contributed by atoms with Gasteiger partial charge in [-0.15, -0.1) is 11.3 Å². The fourth-order valence-electron chi connectivity index (χ4n) is 1.75. The van der Waals surface area contributed by atoms with Crippen molar-refractivity contribution in [2.75, 3.05) is 32.1 Å². The topological polar surface area (TPSA) is 54.5 Å². The zero-order chi connectivity index (χ0) is 15.7. The Hall–Kier alpha value is -1.14. The first-order chi connectivity index (χ1) is 10.0. The van der Waals surface area contributed by atoms with Crippen LogP contribution in [0.4, 0.5) is 5.13 Å². The number of anilines is 1. The van der Waals surface area contributed by atoms with E-state index in [1.807, 2.05) is 12.3 Å². The highest BCUT2D eigenvalue weighted by Gasteiger charge is 2.07. The number of nitrogens with one attached hydrogen (secondary N) is 1. The molecule has 0 amide bonds. The number of aryl methyl sites for hydroxylation is 1. The van der Waals surface area contributed by atoms with E-state index >= 15 is 0 Å². The summed E-state index contributed by atoms with van der Waals surface area (Å²) >= 11 is 1.59. The van der Waals surface area contributed by atoms with E-state index in [0.29, 0.717) is 25.5 Å². The van der Waals surface area contributed by atoms with Crippen LogP contribution in [0, 0.1) is 0 Å². The van der Waals surface area contributed by atoms with E-state index in [0.717, 1.165) is 30.3 Å². The molecule has 0 radical (unpaired) electrons. The highest BCUT2D eigenvalue weighted by molar-refractivity contribution is 7.13. The van der Waals surface area contributed by atoms with E-state index < -0.39 is 0 Å². The van der Waals surface area contributed by atoms with Crippen molar-refractivity contribution in [3.05, 3.63) is 11.1 Å². The van der Waals surface area contributed by atoms with Gasteiger partial charge >= 0.3 is 5.97 Å². The maximum absolute atomic E-state index is 11.3. The molecule has 1 N–H and O–H groups in total. The molecular formula is C15H27N3O2S. The van der Waals surface area contributed by atoms with E-state index in [1.54, 1.807) is 11.3 Å². The second-order valence-electron chi connectivity index (χ2n) is 5.30. The monoisotopic (exact) mass is 313 g/mol. The third-order valence-corrected chi connectivity index (χ3v) is 4.14. The lowest BCUT2D eigenvalue weighted by atomic mass is 10.2. The molecule has 0 spiro atoms. The number of rotatable bonds is 10. The van der Waals surface area contributed by atoms with Gasteiger partial charge in [0.1, 0.15) is 0 Å². The molecule has 1 heterocycles. The van der Waals surface area contributed by atoms with Crippen molar-refractivity contribution in [3.8, 4) is 0 Å². The predicted molar refractivity (Wildman–Crippen MR) is 87.9 cm³/mol. The minimum Gasteiger partial charge on any atom is -0.466 e. The third kappa shape index (κ3) is 7.43. The van der Waals surface area contributed by atoms with E-state index in [1.165, 1.54) is 0 Å². The predicted octanol–water partition coefficient (Wildman–Crippen LogP) is 2.78. The van der Waals surface area contributed by atoms with E-state index in [9.17, 15) is 4.79 Å². The average molecular weight is 313 g/mol. The van der Waals surface area contributed by atoms with Crippen LogP contribution >= 0.6 is 11.3 Å². The van der Waals surface area contributed by atoms with Gasteiger partial charge in [0.2, 0.25) is 0 Å². The van der Waals surface area contributed by atoms with Gasteiger partial charge in [0.05, 0.1) is 18.7 Å². The molecule has 0 aliphatic rings. The molecule has 5 nitrogen and oxygen atoms in total. The number of hydrogen-bond acceptors (Lipinski definition) is 6. The van der Waals surface area contributed by atoms with Gasteiger partial charge in [-0.1, -0.05) is 0 Å². The standard InChI is InChI=1S/C15H27N3O2S/c1-5-20-14(19)8-7-13-11-21-15(17-13)16-9-6-10-18(4)12(2)3/h11-12H,5-10H2,1-4H3,(H,16,17). The Bertz CT molecular complexity index is 421. The molecule has 0 unspecified atom stereocenters.